The van der Waals surface area contributed by atoms with Crippen molar-refractivity contribution in [3.8, 4) is 5.75 Å². The first-order valence-electron chi connectivity index (χ1n) is 5.87. The van der Waals surface area contributed by atoms with Gasteiger partial charge in [-0.2, -0.15) is 0 Å². The Bertz CT molecular complexity index is 532. The molecular weight excluding hydrogens is 355 g/mol. The average Bonchev–Trinajstić information content (AvgIpc) is 2.35. The van der Waals surface area contributed by atoms with Crippen molar-refractivity contribution in [2.24, 2.45) is 0 Å². The Morgan fingerprint density at radius 3 is 2.67 bits per heavy atom. The molecule has 0 heterocycles. The van der Waals surface area contributed by atoms with Crippen LogP contribution < -0.4 is 10.1 Å². The second-order valence-electron chi connectivity index (χ2n) is 3.87. The van der Waals surface area contributed by atoms with Gasteiger partial charge in [0.25, 0.3) is 0 Å². The number of carbonyl (C=O) groups is 1. The van der Waals surface area contributed by atoms with Gasteiger partial charge in [-0.05, 0) is 25.1 Å². The third-order valence-corrected chi connectivity index (χ3v) is 2.72. The Hall–Kier alpha value is -1.70. The molecule has 116 valence electrons. The third kappa shape index (κ3) is 6.07. The summed E-state index contributed by atoms with van der Waals surface area (Å²) in [6.07, 6.45) is -4.81. The molecule has 4 nitrogen and oxygen atoms in total. The molecule has 0 aliphatic heterocycles. The molecule has 0 radical (unpaired) electrons. The summed E-state index contributed by atoms with van der Waals surface area (Å²) in [6.45, 7) is 5.27. The zero-order chi connectivity index (χ0) is 16.0. The second-order valence-corrected chi connectivity index (χ2v) is 4.78. The van der Waals surface area contributed by atoms with Gasteiger partial charge in [-0.25, -0.2) is 4.79 Å². The predicted octanol–water partition coefficient (Wildman–Crippen LogP) is 3.88. The van der Waals surface area contributed by atoms with E-state index in [2.05, 4.69) is 32.6 Å². The fraction of sp³-hybridized carbons (Fsp3) is 0.308. The minimum atomic E-state index is -4.81. The molecule has 0 spiro atoms. The summed E-state index contributed by atoms with van der Waals surface area (Å²) < 4.78 is 46.0. The molecule has 0 amide bonds. The van der Waals surface area contributed by atoms with Crippen LogP contribution in [0.1, 0.15) is 6.92 Å². The van der Waals surface area contributed by atoms with E-state index >= 15 is 0 Å². The molecule has 21 heavy (non-hydrogen) atoms. The van der Waals surface area contributed by atoms with E-state index in [0.717, 1.165) is 0 Å². The van der Waals surface area contributed by atoms with Crippen molar-refractivity contribution in [1.82, 2.24) is 0 Å². The summed E-state index contributed by atoms with van der Waals surface area (Å²) in [6, 6.07) is 4.10. The van der Waals surface area contributed by atoms with Crippen LogP contribution in [-0.2, 0) is 9.53 Å². The topological polar surface area (TPSA) is 47.6 Å². The average molecular weight is 368 g/mol. The standard InChI is InChI=1S/C13H13BrF3NO3/c1-3-20-12(19)8(2)7-18-10-5-4-9(14)6-11(10)21-13(15,16)17/h4-6,18H,2-3,7H2,1H3. The van der Waals surface area contributed by atoms with E-state index in [1.54, 1.807) is 13.0 Å². The Balaban J connectivity index is 2.79. The number of hydrogen-bond acceptors (Lipinski definition) is 4. The Labute approximate surface area is 128 Å². The number of halogens is 4. The number of alkyl halides is 3. The fourth-order valence-electron chi connectivity index (χ4n) is 1.36. The highest BCUT2D eigenvalue weighted by Gasteiger charge is 2.32. The number of benzene rings is 1. The highest BCUT2D eigenvalue weighted by molar-refractivity contribution is 9.10. The molecule has 0 bridgehead atoms. The highest BCUT2D eigenvalue weighted by atomic mass is 79.9. The van der Waals surface area contributed by atoms with Crippen LogP contribution in [0.15, 0.2) is 34.8 Å². The van der Waals surface area contributed by atoms with Gasteiger partial charge in [0.15, 0.2) is 5.75 Å². The lowest BCUT2D eigenvalue weighted by molar-refractivity contribution is -0.274. The summed E-state index contributed by atoms with van der Waals surface area (Å²) in [5.74, 6) is -1.02. The van der Waals surface area contributed by atoms with E-state index < -0.39 is 18.1 Å². The maximum Gasteiger partial charge on any atom is 0.573 e. The van der Waals surface area contributed by atoms with Crippen molar-refractivity contribution >= 4 is 27.6 Å². The van der Waals surface area contributed by atoms with Crippen molar-refractivity contribution in [3.63, 3.8) is 0 Å². The van der Waals surface area contributed by atoms with E-state index in [-0.39, 0.29) is 24.4 Å². The maximum absolute atomic E-state index is 12.3. The molecule has 0 unspecified atom stereocenters. The van der Waals surface area contributed by atoms with E-state index in [1.807, 2.05) is 0 Å². The lowest BCUT2D eigenvalue weighted by Crippen LogP contribution is -2.19. The molecule has 0 aliphatic rings. The first kappa shape index (κ1) is 17.4. The maximum atomic E-state index is 12.3. The van der Waals surface area contributed by atoms with Crippen LogP contribution in [0.3, 0.4) is 0 Å². The first-order valence-corrected chi connectivity index (χ1v) is 6.66. The Morgan fingerprint density at radius 2 is 2.10 bits per heavy atom. The summed E-state index contributed by atoms with van der Waals surface area (Å²) >= 11 is 3.06. The minimum Gasteiger partial charge on any atom is -0.463 e. The van der Waals surface area contributed by atoms with Crippen molar-refractivity contribution in [3.05, 3.63) is 34.8 Å². The van der Waals surface area contributed by atoms with Crippen LogP contribution in [0.2, 0.25) is 0 Å². The summed E-state index contributed by atoms with van der Waals surface area (Å²) in [5, 5.41) is 2.66. The SMILES string of the molecule is C=C(CNc1ccc(Br)cc1OC(F)(F)F)C(=O)OCC. The minimum absolute atomic E-state index is 0.0608. The number of ether oxygens (including phenoxy) is 2. The molecule has 1 aromatic carbocycles. The third-order valence-electron chi connectivity index (χ3n) is 2.23. The summed E-state index contributed by atoms with van der Waals surface area (Å²) in [7, 11) is 0. The van der Waals surface area contributed by atoms with Crippen LogP contribution in [-0.4, -0.2) is 25.5 Å². The predicted molar refractivity (Wildman–Crippen MR) is 75.1 cm³/mol. The van der Waals surface area contributed by atoms with Crippen LogP contribution in [0.5, 0.6) is 5.75 Å². The number of anilines is 1. The Kier molecular flexibility index (Phi) is 6.07. The molecule has 1 aromatic rings. The number of esters is 1. The Morgan fingerprint density at radius 1 is 1.43 bits per heavy atom. The van der Waals surface area contributed by atoms with Crippen LogP contribution in [0, 0.1) is 0 Å². The van der Waals surface area contributed by atoms with E-state index in [1.165, 1.54) is 12.1 Å². The molecule has 1 rings (SSSR count). The molecule has 0 aliphatic carbocycles. The molecular formula is C13H13BrF3NO3. The normalized spacial score (nSPS) is 10.9. The van der Waals surface area contributed by atoms with Gasteiger partial charge in [0, 0.05) is 16.6 Å². The molecule has 0 fully saturated rings. The zero-order valence-electron chi connectivity index (χ0n) is 11.1. The van der Waals surface area contributed by atoms with Gasteiger partial charge in [-0.1, -0.05) is 22.5 Å². The zero-order valence-corrected chi connectivity index (χ0v) is 12.7. The van der Waals surface area contributed by atoms with Gasteiger partial charge in [0.1, 0.15) is 0 Å². The molecule has 0 saturated heterocycles. The number of rotatable bonds is 6. The monoisotopic (exact) mass is 367 g/mol. The quantitative estimate of drug-likeness (QED) is 0.612. The highest BCUT2D eigenvalue weighted by Crippen LogP contribution is 2.33. The number of nitrogens with one attached hydrogen (secondary N) is 1. The molecule has 0 aromatic heterocycles. The van der Waals surface area contributed by atoms with Gasteiger partial charge in [-0.3, -0.25) is 0 Å². The lowest BCUT2D eigenvalue weighted by atomic mass is 10.2. The lowest BCUT2D eigenvalue weighted by Gasteiger charge is -2.15. The first-order chi connectivity index (χ1) is 9.73. The van der Waals surface area contributed by atoms with Crippen LogP contribution in [0.4, 0.5) is 18.9 Å². The largest absolute Gasteiger partial charge is 0.573 e. The smallest absolute Gasteiger partial charge is 0.463 e. The van der Waals surface area contributed by atoms with E-state index in [0.29, 0.717) is 4.47 Å². The fourth-order valence-corrected chi connectivity index (χ4v) is 1.70. The molecule has 1 N–H and O–H groups in total. The number of carbonyl (C=O) groups excluding carboxylic acids is 1. The van der Waals surface area contributed by atoms with Gasteiger partial charge in [0.05, 0.1) is 12.3 Å². The van der Waals surface area contributed by atoms with Crippen LogP contribution >= 0.6 is 15.9 Å². The van der Waals surface area contributed by atoms with E-state index in [9.17, 15) is 18.0 Å². The van der Waals surface area contributed by atoms with Crippen molar-refractivity contribution < 1.29 is 27.4 Å². The molecule has 0 saturated carbocycles. The summed E-state index contributed by atoms with van der Waals surface area (Å²) in [5.41, 5.74) is 0.179. The molecule has 8 heteroatoms. The second kappa shape index (κ2) is 7.35. The van der Waals surface area contributed by atoms with Crippen molar-refractivity contribution in [2.75, 3.05) is 18.5 Å². The van der Waals surface area contributed by atoms with Gasteiger partial charge in [-0.15, -0.1) is 13.2 Å². The van der Waals surface area contributed by atoms with Gasteiger partial charge >= 0.3 is 12.3 Å². The number of hydrogen-bond donors (Lipinski definition) is 1. The van der Waals surface area contributed by atoms with Crippen LogP contribution in [0.25, 0.3) is 0 Å². The van der Waals surface area contributed by atoms with Crippen molar-refractivity contribution in [1.29, 1.82) is 0 Å². The van der Waals surface area contributed by atoms with Crippen molar-refractivity contribution in [2.45, 2.75) is 13.3 Å². The van der Waals surface area contributed by atoms with Gasteiger partial charge < -0.3 is 14.8 Å². The van der Waals surface area contributed by atoms with Gasteiger partial charge in [0.2, 0.25) is 0 Å². The van der Waals surface area contributed by atoms with E-state index in [4.69, 9.17) is 4.74 Å². The molecule has 0 atom stereocenters. The summed E-state index contributed by atoms with van der Waals surface area (Å²) in [4.78, 5) is 11.4.